The minimum absolute atomic E-state index is 0.188. The van der Waals surface area contributed by atoms with Crippen LogP contribution in [0.2, 0.25) is 0 Å². The second kappa shape index (κ2) is 18.3. The zero-order valence-electron chi connectivity index (χ0n) is 18.9. The summed E-state index contributed by atoms with van der Waals surface area (Å²) in [5.41, 5.74) is -0.450. The Bertz CT molecular complexity index is 396. The predicted molar refractivity (Wildman–Crippen MR) is 120 cm³/mol. The lowest BCUT2D eigenvalue weighted by Gasteiger charge is -2.20. The number of carbonyl (C=O) groups is 2. The molecule has 0 atom stereocenters. The van der Waals surface area contributed by atoms with Crippen LogP contribution in [0.1, 0.15) is 104 Å². The van der Waals surface area contributed by atoms with E-state index >= 15 is 0 Å². The number of rotatable bonds is 19. The molecule has 0 aliphatic rings. The second-order valence-electron chi connectivity index (χ2n) is 8.23. The van der Waals surface area contributed by atoms with Crippen molar-refractivity contribution in [2.24, 2.45) is 5.41 Å². The van der Waals surface area contributed by atoms with Crippen molar-refractivity contribution in [2.45, 2.75) is 104 Å². The summed E-state index contributed by atoms with van der Waals surface area (Å²) < 4.78 is 10.5. The van der Waals surface area contributed by atoms with Gasteiger partial charge < -0.3 is 9.47 Å². The van der Waals surface area contributed by atoms with E-state index in [0.29, 0.717) is 19.4 Å². The summed E-state index contributed by atoms with van der Waals surface area (Å²) in [5.74, 6) is 0.918. The van der Waals surface area contributed by atoms with Gasteiger partial charge in [0.25, 0.3) is 0 Å². The Morgan fingerprint density at radius 3 is 1.79 bits per heavy atom. The van der Waals surface area contributed by atoms with Gasteiger partial charge in [-0.2, -0.15) is 11.8 Å². The second-order valence-corrected chi connectivity index (χ2v) is 9.21. The number of thioether (sulfide) groups is 1. The summed E-state index contributed by atoms with van der Waals surface area (Å²) in [4.78, 5) is 23.5. The Labute approximate surface area is 177 Å². The normalized spacial score (nSPS) is 11.4. The van der Waals surface area contributed by atoms with Gasteiger partial charge in [0.2, 0.25) is 0 Å². The molecule has 0 bridgehead atoms. The first-order valence-electron chi connectivity index (χ1n) is 11.3. The summed E-state index contributed by atoms with van der Waals surface area (Å²) in [6.07, 6.45) is 16.5. The van der Waals surface area contributed by atoms with E-state index in [1.165, 1.54) is 57.1 Å². The number of unbranched alkanes of at least 4 members (excludes halogenated alkanes) is 9. The molecule has 28 heavy (non-hydrogen) atoms. The number of ether oxygens (including phenoxy) is 2. The van der Waals surface area contributed by atoms with Crippen LogP contribution in [0.5, 0.6) is 0 Å². The maximum Gasteiger partial charge on any atom is 0.311 e. The van der Waals surface area contributed by atoms with E-state index in [1.807, 2.05) is 32.5 Å². The van der Waals surface area contributed by atoms with E-state index in [-0.39, 0.29) is 18.5 Å². The van der Waals surface area contributed by atoms with Crippen molar-refractivity contribution in [2.75, 3.05) is 25.2 Å². The van der Waals surface area contributed by atoms with E-state index in [4.69, 9.17) is 9.47 Å². The highest BCUT2D eigenvalue weighted by Crippen LogP contribution is 2.21. The van der Waals surface area contributed by atoms with Gasteiger partial charge in [0.1, 0.15) is 0 Å². The quantitative estimate of drug-likeness (QED) is 0.176. The third kappa shape index (κ3) is 16.3. The summed E-state index contributed by atoms with van der Waals surface area (Å²) in [5, 5.41) is 0. The molecule has 0 aliphatic heterocycles. The van der Waals surface area contributed by atoms with Crippen molar-refractivity contribution in [3.05, 3.63) is 0 Å². The first-order valence-corrected chi connectivity index (χ1v) is 12.6. The number of hydrogen-bond donors (Lipinski definition) is 0. The number of carbonyl (C=O) groups excluding carboxylic acids is 2. The largest absolute Gasteiger partial charge is 0.466 e. The van der Waals surface area contributed by atoms with Crippen LogP contribution >= 0.6 is 11.8 Å². The molecule has 0 spiro atoms. The fourth-order valence-corrected chi connectivity index (χ4v) is 3.23. The SMILES string of the molecule is CCC(C)(C)C(=O)OCCCC(=O)OCCCCCCCCCCCCSC. The van der Waals surface area contributed by atoms with Crippen LogP contribution < -0.4 is 0 Å². The van der Waals surface area contributed by atoms with Crippen molar-refractivity contribution in [3.8, 4) is 0 Å². The van der Waals surface area contributed by atoms with Crippen LogP contribution in [0.15, 0.2) is 0 Å². The molecular formula is C23H44O4S. The highest BCUT2D eigenvalue weighted by atomic mass is 32.2. The summed E-state index contributed by atoms with van der Waals surface area (Å²) in [7, 11) is 0. The summed E-state index contributed by atoms with van der Waals surface area (Å²) in [6.45, 7) is 6.51. The van der Waals surface area contributed by atoms with Crippen LogP contribution in [0.25, 0.3) is 0 Å². The number of hydrogen-bond acceptors (Lipinski definition) is 5. The van der Waals surface area contributed by atoms with Gasteiger partial charge in [0.05, 0.1) is 18.6 Å². The molecule has 0 radical (unpaired) electrons. The van der Waals surface area contributed by atoms with Gasteiger partial charge in [-0.25, -0.2) is 0 Å². The molecule has 5 heteroatoms. The average molecular weight is 417 g/mol. The van der Waals surface area contributed by atoms with Crippen LogP contribution in [-0.2, 0) is 19.1 Å². The Balaban J connectivity index is 3.34. The molecule has 0 aliphatic carbocycles. The predicted octanol–water partition coefficient (Wildman–Crippen LogP) is 6.55. The Kier molecular flexibility index (Phi) is 17.9. The van der Waals surface area contributed by atoms with Gasteiger partial charge in [-0.3, -0.25) is 9.59 Å². The van der Waals surface area contributed by atoms with Crippen molar-refractivity contribution in [1.29, 1.82) is 0 Å². The molecule has 0 aromatic rings. The third-order valence-corrected chi connectivity index (χ3v) is 5.90. The lowest BCUT2D eigenvalue weighted by atomic mass is 9.91. The van der Waals surface area contributed by atoms with Gasteiger partial charge in [-0.15, -0.1) is 0 Å². The van der Waals surface area contributed by atoms with Gasteiger partial charge in [0.15, 0.2) is 0 Å². The lowest BCUT2D eigenvalue weighted by molar-refractivity contribution is -0.155. The highest BCUT2D eigenvalue weighted by molar-refractivity contribution is 7.98. The molecule has 0 aromatic heterocycles. The Morgan fingerprint density at radius 2 is 1.25 bits per heavy atom. The Morgan fingerprint density at radius 1 is 0.750 bits per heavy atom. The van der Waals surface area contributed by atoms with E-state index in [9.17, 15) is 9.59 Å². The molecule has 0 saturated heterocycles. The monoisotopic (exact) mass is 416 g/mol. The van der Waals surface area contributed by atoms with E-state index in [0.717, 1.165) is 19.3 Å². The maximum atomic E-state index is 11.8. The van der Waals surface area contributed by atoms with Crippen molar-refractivity contribution in [1.82, 2.24) is 0 Å². The molecule has 0 rings (SSSR count). The number of esters is 2. The Hall–Kier alpha value is -0.710. The molecular weight excluding hydrogens is 372 g/mol. The van der Waals surface area contributed by atoms with Crippen molar-refractivity contribution >= 4 is 23.7 Å². The standard InChI is InChI=1S/C23H44O4S/c1-5-23(2,3)22(25)27-19-16-17-21(24)26-18-14-12-10-8-6-7-9-11-13-15-20-28-4/h5-20H2,1-4H3. The topological polar surface area (TPSA) is 52.6 Å². The van der Waals surface area contributed by atoms with E-state index < -0.39 is 5.41 Å². The molecule has 0 saturated carbocycles. The molecule has 166 valence electrons. The highest BCUT2D eigenvalue weighted by Gasteiger charge is 2.26. The van der Waals surface area contributed by atoms with Gasteiger partial charge in [-0.05, 0) is 51.5 Å². The molecule has 0 unspecified atom stereocenters. The molecule has 0 heterocycles. The van der Waals surface area contributed by atoms with Gasteiger partial charge >= 0.3 is 11.9 Å². The van der Waals surface area contributed by atoms with Crippen LogP contribution in [-0.4, -0.2) is 37.2 Å². The van der Waals surface area contributed by atoms with E-state index in [2.05, 4.69) is 6.26 Å². The minimum Gasteiger partial charge on any atom is -0.466 e. The van der Waals surface area contributed by atoms with Crippen molar-refractivity contribution < 1.29 is 19.1 Å². The molecule has 0 amide bonds. The summed E-state index contributed by atoms with van der Waals surface area (Å²) >= 11 is 1.94. The third-order valence-electron chi connectivity index (χ3n) is 5.20. The average Bonchev–Trinajstić information content (AvgIpc) is 2.68. The summed E-state index contributed by atoms with van der Waals surface area (Å²) in [6, 6.07) is 0. The van der Waals surface area contributed by atoms with E-state index in [1.54, 1.807) is 0 Å². The van der Waals surface area contributed by atoms with Crippen LogP contribution in [0.3, 0.4) is 0 Å². The smallest absolute Gasteiger partial charge is 0.311 e. The molecule has 0 aromatic carbocycles. The molecule has 4 nitrogen and oxygen atoms in total. The lowest BCUT2D eigenvalue weighted by Crippen LogP contribution is -2.26. The fourth-order valence-electron chi connectivity index (χ4n) is 2.74. The van der Waals surface area contributed by atoms with Crippen LogP contribution in [0, 0.1) is 5.41 Å². The maximum absolute atomic E-state index is 11.8. The fraction of sp³-hybridized carbons (Fsp3) is 0.913. The minimum atomic E-state index is -0.450. The van der Waals surface area contributed by atoms with Crippen molar-refractivity contribution in [3.63, 3.8) is 0 Å². The van der Waals surface area contributed by atoms with Gasteiger partial charge in [-0.1, -0.05) is 58.3 Å². The first-order chi connectivity index (χ1) is 13.4. The first kappa shape index (κ1) is 27.3. The zero-order chi connectivity index (χ0) is 21.1. The van der Waals surface area contributed by atoms with Crippen LogP contribution in [0.4, 0.5) is 0 Å². The molecule has 0 fully saturated rings. The van der Waals surface area contributed by atoms with Gasteiger partial charge in [0, 0.05) is 6.42 Å². The zero-order valence-corrected chi connectivity index (χ0v) is 19.7. The molecule has 0 N–H and O–H groups in total.